The van der Waals surface area contributed by atoms with Crippen molar-refractivity contribution in [3.8, 4) is 5.75 Å². The molecule has 0 aliphatic carbocycles. The van der Waals surface area contributed by atoms with Crippen molar-refractivity contribution in [3.63, 3.8) is 0 Å². The van der Waals surface area contributed by atoms with E-state index in [0.717, 1.165) is 28.2 Å². The molecule has 1 heterocycles. The van der Waals surface area contributed by atoms with E-state index in [1.165, 1.54) is 0 Å². The van der Waals surface area contributed by atoms with Crippen molar-refractivity contribution in [3.05, 3.63) is 71.6 Å². The molecule has 0 amide bonds. The topological polar surface area (TPSA) is 49.8 Å². The van der Waals surface area contributed by atoms with Crippen LogP contribution in [0.4, 0.5) is 0 Å². The lowest BCUT2D eigenvalue weighted by atomic mass is 9.98. The minimum absolute atomic E-state index is 0.0203. The summed E-state index contributed by atoms with van der Waals surface area (Å²) < 4.78 is 5.42. The zero-order chi connectivity index (χ0) is 16.8. The van der Waals surface area contributed by atoms with Crippen LogP contribution in [0, 0.1) is 0 Å². The Morgan fingerprint density at radius 3 is 2.74 bits per heavy atom. The van der Waals surface area contributed by atoms with Crippen LogP contribution in [0.1, 0.15) is 18.9 Å². The van der Waals surface area contributed by atoms with E-state index in [9.17, 15) is 4.79 Å². The van der Waals surface area contributed by atoms with Gasteiger partial charge in [0, 0.05) is 24.5 Å². The molecule has 1 N–H and O–H groups in total. The predicted octanol–water partition coefficient (Wildman–Crippen LogP) is 3.84. The lowest BCUT2D eigenvalue weighted by molar-refractivity contribution is -0.136. The van der Waals surface area contributed by atoms with Crippen LogP contribution in [0.15, 0.2) is 66.0 Å². The number of hydrogen-bond acceptors (Lipinski definition) is 3. The molecule has 2 rings (SSSR count). The van der Waals surface area contributed by atoms with Crippen LogP contribution >= 0.6 is 0 Å². The molecule has 120 valence electrons. The number of aliphatic carboxylic acids is 1. The Kier molecular flexibility index (Phi) is 5.41. The van der Waals surface area contributed by atoms with E-state index < -0.39 is 5.97 Å². The Hall–Kier alpha value is -2.75. The van der Waals surface area contributed by atoms with Crippen molar-refractivity contribution in [1.82, 2.24) is 4.90 Å². The average Bonchev–Trinajstić information content (AvgIpc) is 2.54. The first kappa shape index (κ1) is 16.6. The van der Waals surface area contributed by atoms with Gasteiger partial charge < -0.3 is 14.7 Å². The summed E-state index contributed by atoms with van der Waals surface area (Å²) in [6.45, 7) is 1.88. The second-order valence-electron chi connectivity index (χ2n) is 5.21. The number of para-hydroxylation sites is 1. The fourth-order valence-corrected chi connectivity index (χ4v) is 2.54. The summed E-state index contributed by atoms with van der Waals surface area (Å²) in [5.74, 6) is -0.0566. The summed E-state index contributed by atoms with van der Waals surface area (Å²) in [6, 6.07) is 7.78. The second kappa shape index (κ2) is 7.49. The van der Waals surface area contributed by atoms with Gasteiger partial charge in [-0.25, -0.2) is 0 Å². The van der Waals surface area contributed by atoms with E-state index in [1.807, 2.05) is 73.6 Å². The van der Waals surface area contributed by atoms with Crippen LogP contribution in [-0.2, 0) is 4.79 Å². The molecule has 0 saturated carbocycles. The van der Waals surface area contributed by atoms with E-state index in [0.29, 0.717) is 0 Å². The normalized spacial score (nSPS) is 16.5. The second-order valence-corrected chi connectivity index (χ2v) is 5.21. The van der Waals surface area contributed by atoms with Crippen LogP contribution in [-0.4, -0.2) is 30.1 Å². The van der Waals surface area contributed by atoms with Gasteiger partial charge >= 0.3 is 5.97 Å². The number of nitrogens with zero attached hydrogens (tertiary/aromatic N) is 1. The number of hydrogen-bond donors (Lipinski definition) is 1. The third-order valence-electron chi connectivity index (χ3n) is 3.61. The first-order valence-corrected chi connectivity index (χ1v) is 7.40. The minimum atomic E-state index is -0.846. The number of methoxy groups -OCH3 is 1. The third-order valence-corrected chi connectivity index (χ3v) is 3.61. The molecule has 0 bridgehead atoms. The molecule has 0 spiro atoms. The molecule has 4 nitrogen and oxygen atoms in total. The molecule has 0 atom stereocenters. The van der Waals surface area contributed by atoms with Crippen LogP contribution in [0.2, 0.25) is 0 Å². The number of allylic oxidation sites excluding steroid dienone is 5. The predicted molar refractivity (Wildman–Crippen MR) is 92.0 cm³/mol. The molecule has 4 heteroatoms. The standard InChI is InChI=1S/C19H21NO3/c1-4-7-15(13-19(21)22)17-12-14(10-11-20(17)2)16-8-5-6-9-18(16)23-3/h4-12H,13H2,1-3H3,(H,21,22)/b7-4+,17-15+. The highest BCUT2D eigenvalue weighted by Gasteiger charge is 2.15. The zero-order valence-electron chi connectivity index (χ0n) is 13.6. The Balaban J connectivity index is 2.54. The molecular weight excluding hydrogens is 290 g/mol. The van der Waals surface area contributed by atoms with Gasteiger partial charge in [-0.3, -0.25) is 4.79 Å². The van der Waals surface area contributed by atoms with Crippen molar-refractivity contribution < 1.29 is 14.6 Å². The lowest BCUT2D eigenvalue weighted by Crippen LogP contribution is -2.15. The maximum absolute atomic E-state index is 11.1. The number of carboxylic acids is 1. The van der Waals surface area contributed by atoms with Gasteiger partial charge in [-0.2, -0.15) is 0 Å². The molecule has 23 heavy (non-hydrogen) atoms. The molecule has 0 saturated heterocycles. The molecule has 0 radical (unpaired) electrons. The highest BCUT2D eigenvalue weighted by Crippen LogP contribution is 2.32. The van der Waals surface area contributed by atoms with Crippen molar-refractivity contribution in [2.75, 3.05) is 14.2 Å². The fraction of sp³-hybridized carbons (Fsp3) is 0.211. The molecule has 1 aliphatic heterocycles. The van der Waals surface area contributed by atoms with Gasteiger partial charge in [0.25, 0.3) is 0 Å². The van der Waals surface area contributed by atoms with E-state index in [-0.39, 0.29) is 6.42 Å². The van der Waals surface area contributed by atoms with Gasteiger partial charge in [0.1, 0.15) is 5.75 Å². The maximum atomic E-state index is 11.1. The first-order chi connectivity index (χ1) is 11.1. The van der Waals surface area contributed by atoms with Gasteiger partial charge in [0.15, 0.2) is 0 Å². The number of carbonyl (C=O) groups is 1. The first-order valence-electron chi connectivity index (χ1n) is 7.40. The summed E-state index contributed by atoms with van der Waals surface area (Å²) in [5.41, 5.74) is 3.60. The molecule has 0 aromatic heterocycles. The number of rotatable bonds is 5. The highest BCUT2D eigenvalue weighted by atomic mass is 16.5. The van der Waals surface area contributed by atoms with Gasteiger partial charge in [0.2, 0.25) is 0 Å². The van der Waals surface area contributed by atoms with Crippen LogP contribution in [0.25, 0.3) is 5.57 Å². The van der Waals surface area contributed by atoms with Gasteiger partial charge in [-0.1, -0.05) is 30.4 Å². The third kappa shape index (κ3) is 3.92. The summed E-state index contributed by atoms with van der Waals surface area (Å²) in [4.78, 5) is 13.1. The van der Waals surface area contributed by atoms with Crippen LogP contribution < -0.4 is 4.74 Å². The Labute approximate surface area is 136 Å². The lowest BCUT2D eigenvalue weighted by Gasteiger charge is -2.24. The van der Waals surface area contributed by atoms with Gasteiger partial charge in [-0.15, -0.1) is 0 Å². The van der Waals surface area contributed by atoms with Crippen LogP contribution in [0.5, 0.6) is 5.75 Å². The molecule has 0 fully saturated rings. The SMILES string of the molecule is C/C=C/C(CC(=O)O)=C1/C=C(c2ccccc2OC)C=CN1C. The molecule has 1 aliphatic rings. The number of benzene rings is 1. The van der Waals surface area contributed by atoms with Crippen molar-refractivity contribution in [1.29, 1.82) is 0 Å². The van der Waals surface area contributed by atoms with E-state index >= 15 is 0 Å². The summed E-state index contributed by atoms with van der Waals surface area (Å²) in [5, 5.41) is 9.15. The quantitative estimate of drug-likeness (QED) is 0.897. The largest absolute Gasteiger partial charge is 0.496 e. The van der Waals surface area contributed by atoms with Crippen molar-refractivity contribution >= 4 is 11.5 Å². The van der Waals surface area contributed by atoms with E-state index in [1.54, 1.807) is 7.11 Å². The maximum Gasteiger partial charge on any atom is 0.307 e. The summed E-state index contributed by atoms with van der Waals surface area (Å²) in [6.07, 6.45) is 9.60. The molecule has 1 aromatic carbocycles. The minimum Gasteiger partial charge on any atom is -0.496 e. The molecular formula is C19H21NO3. The van der Waals surface area contributed by atoms with E-state index in [2.05, 4.69) is 0 Å². The number of likely N-dealkylation sites (N-methyl/N-ethyl adjacent to an activating group) is 1. The van der Waals surface area contributed by atoms with Gasteiger partial charge in [0.05, 0.1) is 13.5 Å². The molecule has 0 unspecified atom stereocenters. The Morgan fingerprint density at radius 2 is 2.09 bits per heavy atom. The highest BCUT2D eigenvalue weighted by molar-refractivity contribution is 5.81. The van der Waals surface area contributed by atoms with Gasteiger partial charge in [-0.05, 0) is 36.3 Å². The Morgan fingerprint density at radius 1 is 1.35 bits per heavy atom. The molecule has 1 aromatic rings. The van der Waals surface area contributed by atoms with E-state index in [4.69, 9.17) is 9.84 Å². The van der Waals surface area contributed by atoms with Crippen molar-refractivity contribution in [2.24, 2.45) is 0 Å². The summed E-state index contributed by atoms with van der Waals surface area (Å²) >= 11 is 0. The monoisotopic (exact) mass is 311 g/mol. The number of ether oxygens (including phenoxy) is 1. The Bertz CT molecular complexity index is 711. The average molecular weight is 311 g/mol. The van der Waals surface area contributed by atoms with Crippen molar-refractivity contribution in [2.45, 2.75) is 13.3 Å². The fourth-order valence-electron chi connectivity index (χ4n) is 2.54. The number of carboxylic acid groups (broad SMARTS) is 1. The zero-order valence-corrected chi connectivity index (χ0v) is 13.6. The van der Waals surface area contributed by atoms with Crippen LogP contribution in [0.3, 0.4) is 0 Å². The summed E-state index contributed by atoms with van der Waals surface area (Å²) in [7, 11) is 3.55. The smallest absolute Gasteiger partial charge is 0.307 e.